The van der Waals surface area contributed by atoms with Crippen molar-refractivity contribution in [1.29, 1.82) is 0 Å². The fraction of sp³-hybridized carbons (Fsp3) is 0.533. The Morgan fingerprint density at radius 2 is 2.11 bits per heavy atom. The van der Waals surface area contributed by atoms with E-state index in [1.54, 1.807) is 18.2 Å². The molecule has 1 atom stereocenters. The highest BCUT2D eigenvalue weighted by atomic mass is 16.5. The third kappa shape index (κ3) is 3.47. The first kappa shape index (κ1) is 13.9. The van der Waals surface area contributed by atoms with Crippen molar-refractivity contribution in [1.82, 2.24) is 5.32 Å². The topological polar surface area (TPSA) is 58.6 Å². The van der Waals surface area contributed by atoms with Crippen LogP contribution in [0.1, 0.15) is 35.7 Å². The monoisotopic (exact) mass is 263 g/mol. The lowest BCUT2D eigenvalue weighted by molar-refractivity contribution is 0.0538. The number of carbonyl (C=O) groups excluding carboxylic acids is 1. The zero-order chi connectivity index (χ0) is 13.8. The van der Waals surface area contributed by atoms with Crippen molar-refractivity contribution in [3.05, 3.63) is 29.3 Å². The van der Waals surface area contributed by atoms with Gasteiger partial charge in [0.15, 0.2) is 0 Å². The summed E-state index contributed by atoms with van der Waals surface area (Å²) in [7, 11) is 0. The van der Waals surface area contributed by atoms with Gasteiger partial charge < -0.3 is 15.2 Å². The van der Waals surface area contributed by atoms with Gasteiger partial charge in [0.25, 0.3) is 5.91 Å². The zero-order valence-electron chi connectivity index (χ0n) is 11.5. The first-order valence-corrected chi connectivity index (χ1v) is 6.76. The molecule has 1 aromatic rings. The molecule has 0 saturated carbocycles. The molecule has 2 N–H and O–H groups in total. The predicted octanol–water partition coefficient (Wildman–Crippen LogP) is 2.25. The third-order valence-electron chi connectivity index (χ3n) is 3.73. The van der Waals surface area contributed by atoms with Crippen molar-refractivity contribution >= 4 is 5.91 Å². The Labute approximate surface area is 113 Å². The number of carbonyl (C=O) groups is 1. The SMILES string of the molecule is Cc1ccc(O)c(C(=O)NC(C)C2CCOCC2)c1. The van der Waals surface area contributed by atoms with Gasteiger partial charge >= 0.3 is 0 Å². The Hall–Kier alpha value is -1.55. The van der Waals surface area contributed by atoms with Gasteiger partial charge in [-0.25, -0.2) is 0 Å². The van der Waals surface area contributed by atoms with E-state index >= 15 is 0 Å². The summed E-state index contributed by atoms with van der Waals surface area (Å²) in [4.78, 5) is 12.2. The van der Waals surface area contributed by atoms with Crippen LogP contribution in [-0.4, -0.2) is 30.3 Å². The molecular formula is C15H21NO3. The largest absolute Gasteiger partial charge is 0.507 e. The molecule has 1 unspecified atom stereocenters. The maximum absolute atomic E-state index is 12.2. The van der Waals surface area contributed by atoms with Crippen LogP contribution in [-0.2, 0) is 4.74 Å². The summed E-state index contributed by atoms with van der Waals surface area (Å²) < 4.78 is 5.32. The van der Waals surface area contributed by atoms with Crippen LogP contribution in [0.2, 0.25) is 0 Å². The number of aryl methyl sites for hydroxylation is 1. The minimum atomic E-state index is -0.208. The van der Waals surface area contributed by atoms with Gasteiger partial charge in [-0.05, 0) is 44.7 Å². The van der Waals surface area contributed by atoms with Gasteiger partial charge in [-0.15, -0.1) is 0 Å². The van der Waals surface area contributed by atoms with Gasteiger partial charge in [0, 0.05) is 19.3 Å². The molecule has 0 radical (unpaired) electrons. The van der Waals surface area contributed by atoms with E-state index in [-0.39, 0.29) is 17.7 Å². The van der Waals surface area contributed by atoms with E-state index in [1.807, 2.05) is 13.8 Å². The number of hydrogen-bond donors (Lipinski definition) is 2. The molecule has 2 rings (SSSR count). The summed E-state index contributed by atoms with van der Waals surface area (Å²) in [5, 5.41) is 12.7. The molecule has 4 nitrogen and oxygen atoms in total. The summed E-state index contributed by atoms with van der Waals surface area (Å²) in [6, 6.07) is 5.15. The minimum Gasteiger partial charge on any atom is -0.507 e. The summed E-state index contributed by atoms with van der Waals surface area (Å²) in [5.74, 6) is 0.270. The number of phenolic OH excluding ortho intramolecular Hbond substituents is 1. The normalized spacial score (nSPS) is 18.0. The summed E-state index contributed by atoms with van der Waals surface area (Å²) in [5.41, 5.74) is 1.31. The first-order chi connectivity index (χ1) is 9.08. The fourth-order valence-electron chi connectivity index (χ4n) is 2.45. The van der Waals surface area contributed by atoms with E-state index in [9.17, 15) is 9.90 Å². The summed E-state index contributed by atoms with van der Waals surface area (Å²) in [6.45, 7) is 5.44. The van der Waals surface area contributed by atoms with Crippen LogP contribution in [0.3, 0.4) is 0 Å². The second-order valence-electron chi connectivity index (χ2n) is 5.23. The van der Waals surface area contributed by atoms with Crippen molar-refractivity contribution in [3.8, 4) is 5.75 Å². The van der Waals surface area contributed by atoms with Gasteiger partial charge in [-0.2, -0.15) is 0 Å². The van der Waals surface area contributed by atoms with E-state index in [2.05, 4.69) is 5.32 Å². The van der Waals surface area contributed by atoms with Crippen LogP contribution >= 0.6 is 0 Å². The van der Waals surface area contributed by atoms with Crippen molar-refractivity contribution in [2.24, 2.45) is 5.92 Å². The fourth-order valence-corrected chi connectivity index (χ4v) is 2.45. The number of amides is 1. The first-order valence-electron chi connectivity index (χ1n) is 6.76. The molecule has 1 aromatic carbocycles. The van der Waals surface area contributed by atoms with E-state index in [0.717, 1.165) is 31.6 Å². The minimum absolute atomic E-state index is 0.0299. The lowest BCUT2D eigenvalue weighted by Crippen LogP contribution is -2.40. The van der Waals surface area contributed by atoms with Gasteiger partial charge in [0.1, 0.15) is 5.75 Å². The van der Waals surface area contributed by atoms with Crippen LogP contribution in [0.15, 0.2) is 18.2 Å². The number of ether oxygens (including phenoxy) is 1. The van der Waals surface area contributed by atoms with Gasteiger partial charge in [0.2, 0.25) is 0 Å². The number of phenols is 1. The lowest BCUT2D eigenvalue weighted by Gasteiger charge is -2.28. The molecule has 1 amide bonds. The molecule has 0 bridgehead atoms. The Balaban J connectivity index is 2.01. The second-order valence-corrected chi connectivity index (χ2v) is 5.23. The van der Waals surface area contributed by atoms with E-state index in [1.165, 1.54) is 0 Å². The highest BCUT2D eigenvalue weighted by Crippen LogP contribution is 2.21. The van der Waals surface area contributed by atoms with Crippen LogP contribution in [0, 0.1) is 12.8 Å². The molecule has 1 aliphatic rings. The number of nitrogens with one attached hydrogen (secondary N) is 1. The van der Waals surface area contributed by atoms with Crippen molar-refractivity contribution in [3.63, 3.8) is 0 Å². The van der Waals surface area contributed by atoms with E-state index in [0.29, 0.717) is 11.5 Å². The predicted molar refractivity (Wildman–Crippen MR) is 73.3 cm³/mol. The van der Waals surface area contributed by atoms with Crippen molar-refractivity contribution in [2.45, 2.75) is 32.7 Å². The molecule has 1 heterocycles. The standard InChI is InChI=1S/C15H21NO3/c1-10-3-4-14(17)13(9-10)15(18)16-11(2)12-5-7-19-8-6-12/h3-4,9,11-12,17H,5-8H2,1-2H3,(H,16,18). The molecule has 1 aliphatic heterocycles. The van der Waals surface area contributed by atoms with Gasteiger partial charge in [-0.3, -0.25) is 4.79 Å². The third-order valence-corrected chi connectivity index (χ3v) is 3.73. The molecule has 0 aromatic heterocycles. The van der Waals surface area contributed by atoms with Crippen LogP contribution in [0.25, 0.3) is 0 Å². The molecule has 0 aliphatic carbocycles. The van der Waals surface area contributed by atoms with E-state index in [4.69, 9.17) is 4.74 Å². The summed E-state index contributed by atoms with van der Waals surface area (Å²) >= 11 is 0. The Bertz CT molecular complexity index is 453. The van der Waals surface area contributed by atoms with E-state index < -0.39 is 0 Å². The second kappa shape index (κ2) is 6.06. The number of benzene rings is 1. The molecule has 19 heavy (non-hydrogen) atoms. The van der Waals surface area contributed by atoms with Crippen molar-refractivity contribution < 1.29 is 14.6 Å². The number of aromatic hydroxyl groups is 1. The Morgan fingerprint density at radius 1 is 1.42 bits per heavy atom. The lowest BCUT2D eigenvalue weighted by atomic mass is 9.92. The molecule has 4 heteroatoms. The van der Waals surface area contributed by atoms with Crippen LogP contribution in [0.5, 0.6) is 5.75 Å². The molecule has 0 spiro atoms. The number of hydrogen-bond acceptors (Lipinski definition) is 3. The molecule has 1 fully saturated rings. The zero-order valence-corrected chi connectivity index (χ0v) is 11.5. The Kier molecular flexibility index (Phi) is 4.43. The molecular weight excluding hydrogens is 242 g/mol. The number of rotatable bonds is 3. The van der Waals surface area contributed by atoms with Crippen molar-refractivity contribution in [2.75, 3.05) is 13.2 Å². The molecule has 1 saturated heterocycles. The van der Waals surface area contributed by atoms with Gasteiger partial charge in [0.05, 0.1) is 5.56 Å². The summed E-state index contributed by atoms with van der Waals surface area (Å²) in [6.07, 6.45) is 1.95. The Morgan fingerprint density at radius 3 is 2.79 bits per heavy atom. The van der Waals surface area contributed by atoms with Crippen LogP contribution in [0.4, 0.5) is 0 Å². The smallest absolute Gasteiger partial charge is 0.255 e. The maximum Gasteiger partial charge on any atom is 0.255 e. The maximum atomic E-state index is 12.2. The van der Waals surface area contributed by atoms with Crippen LogP contribution < -0.4 is 5.32 Å². The quantitative estimate of drug-likeness (QED) is 0.879. The van der Waals surface area contributed by atoms with Gasteiger partial charge in [-0.1, -0.05) is 11.6 Å². The molecule has 104 valence electrons. The average molecular weight is 263 g/mol. The average Bonchev–Trinajstić information content (AvgIpc) is 2.42. The highest BCUT2D eigenvalue weighted by Gasteiger charge is 2.23. The highest BCUT2D eigenvalue weighted by molar-refractivity contribution is 5.97.